The van der Waals surface area contributed by atoms with Gasteiger partial charge in [0.2, 0.25) is 5.91 Å². The zero-order valence-electron chi connectivity index (χ0n) is 10.9. The molecule has 2 rings (SSSR count). The van der Waals surface area contributed by atoms with Crippen molar-refractivity contribution in [3.05, 3.63) is 35.4 Å². The molecule has 1 aromatic carbocycles. The normalized spacial score (nSPS) is 18.8. The number of nitrogens with zero attached hydrogens (tertiary/aromatic N) is 1. The molecule has 4 N–H and O–H groups in total. The van der Waals surface area contributed by atoms with Crippen molar-refractivity contribution in [1.82, 2.24) is 10.2 Å². The molecule has 7 heteroatoms. The fraction of sp³-hybridized carbons (Fsp3) is 0.308. The molecule has 1 aliphatic heterocycles. The first-order valence-electron chi connectivity index (χ1n) is 6.07. The van der Waals surface area contributed by atoms with Gasteiger partial charge in [-0.15, -0.1) is 0 Å². The van der Waals surface area contributed by atoms with Crippen LogP contribution in [0.2, 0.25) is 0 Å². The first-order chi connectivity index (χ1) is 9.47. The summed E-state index contributed by atoms with van der Waals surface area (Å²) in [6, 6.07) is 5.69. The fourth-order valence-corrected chi connectivity index (χ4v) is 2.45. The number of carbonyl (C=O) groups excluding carboxylic acids is 2. The third-order valence-electron chi connectivity index (χ3n) is 3.30. The van der Waals surface area contributed by atoms with Crippen molar-refractivity contribution in [2.24, 2.45) is 5.73 Å². The van der Waals surface area contributed by atoms with E-state index in [1.54, 1.807) is 31.3 Å². The fourth-order valence-electron chi connectivity index (χ4n) is 2.45. The van der Waals surface area contributed by atoms with E-state index in [0.717, 1.165) is 0 Å². The minimum absolute atomic E-state index is 0.398. The lowest BCUT2D eigenvalue weighted by Crippen LogP contribution is -2.50. The van der Waals surface area contributed by atoms with E-state index in [-0.39, 0.29) is 0 Å². The monoisotopic (exact) mass is 277 g/mol. The largest absolute Gasteiger partial charge is 0.481 e. The first kappa shape index (κ1) is 14.0. The van der Waals surface area contributed by atoms with E-state index in [9.17, 15) is 14.4 Å². The van der Waals surface area contributed by atoms with Crippen molar-refractivity contribution >= 4 is 17.8 Å². The number of fused-ring (bicyclic) bond motifs is 1. The van der Waals surface area contributed by atoms with E-state index in [4.69, 9.17) is 10.8 Å². The Hall–Kier alpha value is -2.41. The molecule has 20 heavy (non-hydrogen) atoms. The molecule has 0 aromatic heterocycles. The topological polar surface area (TPSA) is 113 Å². The molecular weight excluding hydrogens is 262 g/mol. The highest BCUT2D eigenvalue weighted by atomic mass is 16.4. The highest BCUT2D eigenvalue weighted by molar-refractivity contribution is 6.02. The van der Waals surface area contributed by atoms with Crippen LogP contribution in [0.1, 0.15) is 28.5 Å². The average Bonchev–Trinajstić information content (AvgIpc) is 2.68. The number of amides is 2. The van der Waals surface area contributed by atoms with Gasteiger partial charge in [-0.05, 0) is 13.1 Å². The summed E-state index contributed by atoms with van der Waals surface area (Å²) < 4.78 is 0. The van der Waals surface area contributed by atoms with Gasteiger partial charge in [-0.3, -0.25) is 19.7 Å². The lowest BCUT2D eigenvalue weighted by atomic mass is 10.1. The van der Waals surface area contributed by atoms with Gasteiger partial charge in [-0.25, -0.2) is 0 Å². The van der Waals surface area contributed by atoms with Crippen LogP contribution in [0.5, 0.6) is 0 Å². The molecule has 0 aliphatic carbocycles. The van der Waals surface area contributed by atoms with Crippen molar-refractivity contribution in [3.8, 4) is 0 Å². The molecule has 0 saturated carbocycles. The predicted molar refractivity (Wildman–Crippen MR) is 69.6 cm³/mol. The predicted octanol–water partition coefficient (Wildman–Crippen LogP) is -0.311. The number of nitrogens with one attached hydrogen (secondary N) is 1. The molecule has 1 aromatic rings. The Bertz CT molecular complexity index is 572. The molecule has 0 fully saturated rings. The summed E-state index contributed by atoms with van der Waals surface area (Å²) in [5.41, 5.74) is 6.41. The van der Waals surface area contributed by atoms with Crippen LogP contribution in [0.25, 0.3) is 0 Å². The third kappa shape index (κ3) is 2.23. The Balaban J connectivity index is 2.43. The highest BCUT2D eigenvalue weighted by Gasteiger charge is 2.42. The van der Waals surface area contributed by atoms with Gasteiger partial charge in [0.25, 0.3) is 5.91 Å². The van der Waals surface area contributed by atoms with Crippen LogP contribution in [0.3, 0.4) is 0 Å². The molecule has 0 saturated heterocycles. The van der Waals surface area contributed by atoms with Gasteiger partial charge in [0.05, 0.1) is 6.42 Å². The van der Waals surface area contributed by atoms with Gasteiger partial charge < -0.3 is 15.7 Å². The molecular formula is C13H15N3O4. The minimum Gasteiger partial charge on any atom is -0.481 e. The smallest absolute Gasteiger partial charge is 0.305 e. The summed E-state index contributed by atoms with van der Waals surface area (Å²) in [7, 11) is 1.63. The van der Waals surface area contributed by atoms with Crippen LogP contribution in [0.4, 0.5) is 0 Å². The highest BCUT2D eigenvalue weighted by Crippen LogP contribution is 2.33. The minimum atomic E-state index is -1.19. The van der Waals surface area contributed by atoms with Crippen LogP contribution in [-0.2, 0) is 9.59 Å². The molecule has 0 radical (unpaired) electrons. The molecule has 2 amide bonds. The lowest BCUT2D eigenvalue weighted by Gasteiger charge is -2.30. The van der Waals surface area contributed by atoms with Crippen LogP contribution in [-0.4, -0.2) is 40.9 Å². The van der Waals surface area contributed by atoms with E-state index in [1.165, 1.54) is 4.90 Å². The second kappa shape index (κ2) is 5.30. The van der Waals surface area contributed by atoms with Gasteiger partial charge in [0.1, 0.15) is 12.2 Å². The number of benzene rings is 1. The molecule has 1 heterocycles. The third-order valence-corrected chi connectivity index (χ3v) is 3.30. The van der Waals surface area contributed by atoms with Crippen LogP contribution < -0.4 is 11.1 Å². The second-order valence-electron chi connectivity index (χ2n) is 4.51. The number of nitrogens with two attached hydrogens (primary N) is 1. The van der Waals surface area contributed by atoms with Crippen LogP contribution in [0.15, 0.2) is 24.3 Å². The van der Waals surface area contributed by atoms with Gasteiger partial charge in [-0.1, -0.05) is 18.2 Å². The Morgan fingerprint density at radius 1 is 1.45 bits per heavy atom. The van der Waals surface area contributed by atoms with E-state index < -0.39 is 36.4 Å². The standard InChI is InChI=1S/C13H15N3O4/c1-15-12-7-4-2-3-5-8(7)13(20)16(12)9(11(14)19)6-10(17)18/h2-5,9,12,15H,6H2,1H3,(H2,14,19)(H,17,18). The maximum Gasteiger partial charge on any atom is 0.305 e. The number of carboxylic acid groups (broad SMARTS) is 1. The van der Waals surface area contributed by atoms with E-state index >= 15 is 0 Å². The lowest BCUT2D eigenvalue weighted by molar-refractivity contribution is -0.141. The summed E-state index contributed by atoms with van der Waals surface area (Å²) in [4.78, 5) is 36.0. The van der Waals surface area contributed by atoms with E-state index in [1.807, 2.05) is 0 Å². The summed E-state index contributed by atoms with van der Waals surface area (Å²) in [6.45, 7) is 0. The maximum absolute atomic E-state index is 12.4. The summed E-state index contributed by atoms with van der Waals surface area (Å²) in [6.07, 6.45) is -1.08. The summed E-state index contributed by atoms with van der Waals surface area (Å²) >= 11 is 0. The van der Waals surface area contributed by atoms with E-state index in [0.29, 0.717) is 11.1 Å². The number of rotatable bonds is 5. The van der Waals surface area contributed by atoms with Crippen LogP contribution in [0, 0.1) is 0 Å². The number of hydrogen-bond donors (Lipinski definition) is 3. The molecule has 0 spiro atoms. The molecule has 1 aliphatic rings. The van der Waals surface area contributed by atoms with Crippen molar-refractivity contribution in [3.63, 3.8) is 0 Å². The first-order valence-corrected chi connectivity index (χ1v) is 6.07. The van der Waals surface area contributed by atoms with Crippen LogP contribution >= 0.6 is 0 Å². The average molecular weight is 277 g/mol. The maximum atomic E-state index is 12.4. The Labute approximate surface area is 115 Å². The summed E-state index contributed by atoms with van der Waals surface area (Å²) in [5.74, 6) is -2.42. The Kier molecular flexibility index (Phi) is 3.71. The quantitative estimate of drug-likeness (QED) is 0.683. The SMILES string of the molecule is CNC1c2ccccc2C(=O)N1C(CC(=O)O)C(N)=O. The Morgan fingerprint density at radius 3 is 2.65 bits per heavy atom. The van der Waals surface area contributed by atoms with E-state index in [2.05, 4.69) is 5.32 Å². The van der Waals surface area contributed by atoms with Gasteiger partial charge in [0, 0.05) is 11.1 Å². The number of carboxylic acids is 1. The van der Waals surface area contributed by atoms with Crippen molar-refractivity contribution in [2.75, 3.05) is 7.05 Å². The zero-order chi connectivity index (χ0) is 14.9. The number of aliphatic carboxylic acids is 1. The van der Waals surface area contributed by atoms with Gasteiger partial charge in [0.15, 0.2) is 0 Å². The number of hydrogen-bond acceptors (Lipinski definition) is 4. The summed E-state index contributed by atoms with van der Waals surface area (Å²) in [5, 5.41) is 11.8. The number of primary amides is 1. The van der Waals surface area contributed by atoms with Gasteiger partial charge in [-0.2, -0.15) is 0 Å². The molecule has 2 unspecified atom stereocenters. The Morgan fingerprint density at radius 2 is 2.10 bits per heavy atom. The van der Waals surface area contributed by atoms with Crippen molar-refractivity contribution < 1.29 is 19.5 Å². The van der Waals surface area contributed by atoms with Crippen molar-refractivity contribution in [2.45, 2.75) is 18.6 Å². The number of carbonyl (C=O) groups is 3. The zero-order valence-corrected chi connectivity index (χ0v) is 10.9. The molecule has 7 nitrogen and oxygen atoms in total. The van der Waals surface area contributed by atoms with Gasteiger partial charge >= 0.3 is 5.97 Å². The molecule has 106 valence electrons. The van der Waals surface area contributed by atoms with Crippen molar-refractivity contribution in [1.29, 1.82) is 0 Å². The second-order valence-corrected chi connectivity index (χ2v) is 4.51. The molecule has 2 atom stereocenters. The molecule has 0 bridgehead atoms.